The molecule has 1 aromatic carbocycles. The van der Waals surface area contributed by atoms with Crippen LogP contribution in [0.5, 0.6) is 11.5 Å². The zero-order valence-corrected chi connectivity index (χ0v) is 7.43. The van der Waals surface area contributed by atoms with Crippen molar-refractivity contribution in [2.45, 2.75) is 12.3 Å². The first-order valence-electron chi connectivity index (χ1n) is 4.34. The monoisotopic (exact) mass is 194 g/mol. The van der Waals surface area contributed by atoms with Crippen LogP contribution in [-0.2, 0) is 4.79 Å². The third-order valence-electron chi connectivity index (χ3n) is 2.30. The van der Waals surface area contributed by atoms with Gasteiger partial charge in [-0.2, -0.15) is 0 Å². The smallest absolute Gasteiger partial charge is 0.304 e. The topological polar surface area (TPSA) is 66.8 Å². The normalized spacial score (nSPS) is 18.7. The van der Waals surface area contributed by atoms with E-state index in [-0.39, 0.29) is 18.1 Å². The molecule has 1 aliphatic rings. The van der Waals surface area contributed by atoms with E-state index < -0.39 is 5.97 Å². The highest BCUT2D eigenvalue weighted by atomic mass is 16.5. The summed E-state index contributed by atoms with van der Waals surface area (Å²) in [6, 6.07) is 4.77. The van der Waals surface area contributed by atoms with E-state index in [1.807, 2.05) is 0 Å². The third kappa shape index (κ3) is 1.51. The summed E-state index contributed by atoms with van der Waals surface area (Å²) in [7, 11) is 0. The number of ether oxygens (including phenoxy) is 1. The molecule has 0 radical (unpaired) electrons. The van der Waals surface area contributed by atoms with Crippen molar-refractivity contribution < 1.29 is 19.7 Å². The molecule has 1 aliphatic heterocycles. The van der Waals surface area contributed by atoms with Gasteiger partial charge in [0.1, 0.15) is 11.5 Å². The molecule has 0 amide bonds. The Morgan fingerprint density at radius 1 is 1.57 bits per heavy atom. The fraction of sp³-hybridized carbons (Fsp3) is 0.300. The number of carboxylic acid groups (broad SMARTS) is 1. The van der Waals surface area contributed by atoms with Gasteiger partial charge in [0.2, 0.25) is 0 Å². The van der Waals surface area contributed by atoms with E-state index in [1.165, 1.54) is 6.07 Å². The Labute approximate surface area is 80.7 Å². The fourth-order valence-electron chi connectivity index (χ4n) is 1.65. The van der Waals surface area contributed by atoms with Crippen LogP contribution in [0.4, 0.5) is 0 Å². The van der Waals surface area contributed by atoms with Gasteiger partial charge in [0.25, 0.3) is 0 Å². The van der Waals surface area contributed by atoms with Crippen molar-refractivity contribution in [1.82, 2.24) is 0 Å². The first-order chi connectivity index (χ1) is 6.66. The second-order valence-electron chi connectivity index (χ2n) is 3.33. The van der Waals surface area contributed by atoms with Crippen molar-refractivity contribution in [3.8, 4) is 11.5 Å². The third-order valence-corrected chi connectivity index (χ3v) is 2.30. The van der Waals surface area contributed by atoms with Crippen LogP contribution >= 0.6 is 0 Å². The molecule has 0 aliphatic carbocycles. The van der Waals surface area contributed by atoms with Gasteiger partial charge in [-0.05, 0) is 6.07 Å². The highest BCUT2D eigenvalue weighted by Crippen LogP contribution is 2.37. The van der Waals surface area contributed by atoms with Crippen LogP contribution in [0.3, 0.4) is 0 Å². The minimum absolute atomic E-state index is 0.0672. The van der Waals surface area contributed by atoms with Crippen LogP contribution < -0.4 is 4.74 Å². The first kappa shape index (κ1) is 8.87. The second-order valence-corrected chi connectivity index (χ2v) is 3.33. The van der Waals surface area contributed by atoms with Gasteiger partial charge in [-0.1, -0.05) is 6.07 Å². The Balaban J connectivity index is 2.26. The van der Waals surface area contributed by atoms with E-state index in [2.05, 4.69) is 0 Å². The maximum atomic E-state index is 10.5. The van der Waals surface area contributed by atoms with Gasteiger partial charge >= 0.3 is 5.97 Å². The number of phenols is 1. The summed E-state index contributed by atoms with van der Waals surface area (Å²) in [4.78, 5) is 10.5. The van der Waals surface area contributed by atoms with Gasteiger partial charge in [0.15, 0.2) is 0 Å². The minimum Gasteiger partial charge on any atom is -0.508 e. The highest BCUT2D eigenvalue weighted by molar-refractivity contribution is 5.68. The summed E-state index contributed by atoms with van der Waals surface area (Å²) in [6.45, 7) is 0.380. The summed E-state index contributed by atoms with van der Waals surface area (Å²) in [5, 5.41) is 17.8. The highest BCUT2D eigenvalue weighted by Gasteiger charge is 2.26. The molecule has 1 aromatic rings. The predicted octanol–water partition coefficient (Wildman–Crippen LogP) is 1.34. The molecule has 4 heteroatoms. The lowest BCUT2D eigenvalue weighted by atomic mass is 9.98. The molecule has 0 aromatic heterocycles. The Bertz CT molecular complexity index is 372. The number of hydrogen-bond acceptors (Lipinski definition) is 3. The Morgan fingerprint density at radius 3 is 3.07 bits per heavy atom. The first-order valence-corrected chi connectivity index (χ1v) is 4.34. The van der Waals surface area contributed by atoms with Crippen molar-refractivity contribution >= 4 is 5.97 Å². The van der Waals surface area contributed by atoms with Gasteiger partial charge in [0.05, 0.1) is 13.0 Å². The Kier molecular flexibility index (Phi) is 2.04. The molecule has 1 atom stereocenters. The zero-order valence-electron chi connectivity index (χ0n) is 7.43. The molecule has 0 fully saturated rings. The lowest BCUT2D eigenvalue weighted by Crippen LogP contribution is -2.07. The molecule has 1 heterocycles. The van der Waals surface area contributed by atoms with Crippen molar-refractivity contribution in [1.29, 1.82) is 0 Å². The SMILES string of the molecule is O=C(O)CC1COc2cc(O)ccc21. The molecule has 0 spiro atoms. The molecule has 0 saturated carbocycles. The Hall–Kier alpha value is -1.71. The zero-order chi connectivity index (χ0) is 10.1. The average molecular weight is 194 g/mol. The molecule has 74 valence electrons. The van der Waals surface area contributed by atoms with Crippen LogP contribution in [0.25, 0.3) is 0 Å². The van der Waals surface area contributed by atoms with Crippen LogP contribution in [-0.4, -0.2) is 22.8 Å². The predicted molar refractivity (Wildman–Crippen MR) is 48.6 cm³/mol. The van der Waals surface area contributed by atoms with Gasteiger partial charge in [-0.25, -0.2) is 0 Å². The molecular formula is C10H10O4. The number of carbonyl (C=O) groups is 1. The number of rotatable bonds is 2. The number of hydrogen-bond donors (Lipinski definition) is 2. The van der Waals surface area contributed by atoms with E-state index in [9.17, 15) is 4.79 Å². The van der Waals surface area contributed by atoms with Gasteiger partial charge in [-0.3, -0.25) is 4.79 Å². The van der Waals surface area contributed by atoms with Gasteiger partial charge in [0, 0.05) is 17.5 Å². The van der Waals surface area contributed by atoms with E-state index in [4.69, 9.17) is 14.9 Å². The van der Waals surface area contributed by atoms with Crippen molar-refractivity contribution in [2.24, 2.45) is 0 Å². The number of fused-ring (bicyclic) bond motifs is 1. The molecule has 14 heavy (non-hydrogen) atoms. The van der Waals surface area contributed by atoms with E-state index >= 15 is 0 Å². The van der Waals surface area contributed by atoms with Crippen molar-refractivity contribution in [3.05, 3.63) is 23.8 Å². The largest absolute Gasteiger partial charge is 0.508 e. The van der Waals surface area contributed by atoms with Gasteiger partial charge < -0.3 is 14.9 Å². The van der Waals surface area contributed by atoms with Crippen LogP contribution in [0.15, 0.2) is 18.2 Å². The van der Waals surface area contributed by atoms with Crippen molar-refractivity contribution in [2.75, 3.05) is 6.61 Å². The molecule has 0 bridgehead atoms. The number of carboxylic acids is 1. The van der Waals surface area contributed by atoms with E-state index in [1.54, 1.807) is 12.1 Å². The summed E-state index contributed by atoms with van der Waals surface area (Å²) in [5.74, 6) is -0.196. The van der Waals surface area contributed by atoms with Crippen molar-refractivity contribution in [3.63, 3.8) is 0 Å². The molecule has 0 saturated heterocycles. The molecule has 2 N–H and O–H groups in total. The molecule has 1 unspecified atom stereocenters. The van der Waals surface area contributed by atoms with Crippen LogP contribution in [0, 0.1) is 0 Å². The summed E-state index contributed by atoms with van der Waals surface area (Å²) < 4.78 is 5.27. The maximum absolute atomic E-state index is 10.5. The van der Waals surface area contributed by atoms with Crippen LogP contribution in [0.1, 0.15) is 17.9 Å². The van der Waals surface area contributed by atoms with Crippen LogP contribution in [0.2, 0.25) is 0 Å². The molecule has 4 nitrogen and oxygen atoms in total. The van der Waals surface area contributed by atoms with E-state index in [0.717, 1.165) is 5.56 Å². The number of aliphatic carboxylic acids is 1. The Morgan fingerprint density at radius 2 is 2.36 bits per heavy atom. The number of benzene rings is 1. The van der Waals surface area contributed by atoms with Gasteiger partial charge in [-0.15, -0.1) is 0 Å². The quantitative estimate of drug-likeness (QED) is 0.745. The lowest BCUT2D eigenvalue weighted by molar-refractivity contribution is -0.137. The summed E-state index contributed by atoms with van der Waals surface area (Å²) in [6.07, 6.45) is 0.0672. The summed E-state index contributed by atoms with van der Waals surface area (Å²) >= 11 is 0. The molecular weight excluding hydrogens is 184 g/mol. The fourth-order valence-corrected chi connectivity index (χ4v) is 1.65. The number of aromatic hydroxyl groups is 1. The second kappa shape index (κ2) is 3.21. The minimum atomic E-state index is -0.834. The lowest BCUT2D eigenvalue weighted by Gasteiger charge is -2.03. The summed E-state index contributed by atoms with van der Waals surface area (Å²) in [5.41, 5.74) is 0.866. The maximum Gasteiger partial charge on any atom is 0.304 e. The van der Waals surface area contributed by atoms with E-state index in [0.29, 0.717) is 12.4 Å². The molecule has 2 rings (SSSR count). The average Bonchev–Trinajstić information content (AvgIpc) is 2.47. The number of phenolic OH excluding ortho intramolecular Hbond substituents is 1. The standard InChI is InChI=1S/C10H10O4/c11-7-1-2-8-6(3-10(12)13)5-14-9(8)4-7/h1-2,4,6,11H,3,5H2,(H,12,13).